The molecule has 0 aromatic heterocycles. The van der Waals surface area contributed by atoms with E-state index in [1.807, 2.05) is 6.08 Å². The molecule has 0 aromatic rings. The van der Waals surface area contributed by atoms with Crippen LogP contribution in [0, 0.1) is 22.7 Å². The molecule has 0 spiro atoms. The van der Waals surface area contributed by atoms with Gasteiger partial charge in [0.2, 0.25) is 0 Å². The molecule has 2 unspecified atom stereocenters. The van der Waals surface area contributed by atoms with Crippen LogP contribution in [-0.4, -0.2) is 23.1 Å². The van der Waals surface area contributed by atoms with E-state index in [0.29, 0.717) is 30.1 Å². The van der Waals surface area contributed by atoms with Crippen molar-refractivity contribution >= 4 is 11.9 Å². The molecule has 4 aliphatic rings. The van der Waals surface area contributed by atoms with Crippen molar-refractivity contribution < 1.29 is 19.1 Å². The van der Waals surface area contributed by atoms with Crippen LogP contribution in [0.1, 0.15) is 92.4 Å². The smallest absolute Gasteiger partial charge is 0.306 e. The lowest BCUT2D eigenvalue weighted by Crippen LogP contribution is -2.45. The van der Waals surface area contributed by atoms with Crippen LogP contribution >= 0.6 is 0 Å². The van der Waals surface area contributed by atoms with Crippen molar-refractivity contribution in [1.29, 1.82) is 0 Å². The third kappa shape index (κ3) is 3.52. The first-order valence-electron chi connectivity index (χ1n) is 11.1. The second-order valence-electron chi connectivity index (χ2n) is 10.5. The number of hydrogen-bond donors (Lipinski definition) is 0. The zero-order valence-corrected chi connectivity index (χ0v) is 18.4. The highest BCUT2D eigenvalue weighted by atomic mass is 16.6. The zero-order chi connectivity index (χ0) is 20.8. The van der Waals surface area contributed by atoms with Crippen molar-refractivity contribution in [2.45, 2.75) is 104 Å². The summed E-state index contributed by atoms with van der Waals surface area (Å²) in [5.41, 5.74) is 0.0245. The number of rotatable bonds is 2. The number of hydrogen-bond acceptors (Lipinski definition) is 4. The van der Waals surface area contributed by atoms with Crippen LogP contribution < -0.4 is 0 Å². The average molecular weight is 391 g/mol. The Bertz CT molecular complexity index is 657. The van der Waals surface area contributed by atoms with Crippen molar-refractivity contribution in [1.82, 2.24) is 0 Å². The fourth-order valence-electron chi connectivity index (χ4n) is 6.56. The van der Waals surface area contributed by atoms with Gasteiger partial charge in [-0.25, -0.2) is 0 Å². The summed E-state index contributed by atoms with van der Waals surface area (Å²) < 4.78 is 11.0. The molecule has 2 heterocycles. The molecule has 0 radical (unpaired) electrons. The maximum Gasteiger partial charge on any atom is 0.306 e. The largest absolute Gasteiger partial charge is 0.459 e. The van der Waals surface area contributed by atoms with Gasteiger partial charge in [0, 0.05) is 11.8 Å². The molecule has 4 rings (SSSR count). The van der Waals surface area contributed by atoms with Crippen molar-refractivity contribution in [2.75, 3.05) is 0 Å². The van der Waals surface area contributed by atoms with E-state index in [1.54, 1.807) is 0 Å². The van der Waals surface area contributed by atoms with Crippen LogP contribution in [0.5, 0.6) is 0 Å². The molecule has 4 fully saturated rings. The predicted octanol–water partition coefficient (Wildman–Crippen LogP) is 5.59. The molecule has 0 amide bonds. The lowest BCUT2D eigenvalue weighted by Gasteiger charge is -2.46. The van der Waals surface area contributed by atoms with E-state index in [0.717, 1.165) is 32.1 Å². The van der Waals surface area contributed by atoms with Gasteiger partial charge < -0.3 is 9.47 Å². The molecular weight excluding hydrogens is 352 g/mol. The molecule has 2 aliphatic carbocycles. The highest BCUT2D eigenvalue weighted by Gasteiger charge is 2.56. The molecule has 0 N–H and O–H groups in total. The molecular formula is C24H38O4. The van der Waals surface area contributed by atoms with Gasteiger partial charge in [0.05, 0.1) is 12.8 Å². The van der Waals surface area contributed by atoms with Crippen LogP contribution in [-0.2, 0) is 19.1 Å². The Morgan fingerprint density at radius 1 is 0.893 bits per heavy atom. The molecule has 6 atom stereocenters. The predicted molar refractivity (Wildman–Crippen MR) is 110 cm³/mol. The Morgan fingerprint density at radius 2 is 1.39 bits per heavy atom. The highest BCUT2D eigenvalue weighted by Crippen LogP contribution is 2.55. The number of carbonyl (C=O) groups excluding carboxylic acids is 2. The van der Waals surface area contributed by atoms with E-state index in [4.69, 9.17) is 9.47 Å². The minimum Gasteiger partial charge on any atom is -0.459 e. The monoisotopic (exact) mass is 390 g/mol. The van der Waals surface area contributed by atoms with Gasteiger partial charge in [-0.2, -0.15) is 0 Å². The quantitative estimate of drug-likeness (QED) is 0.455. The van der Waals surface area contributed by atoms with E-state index in [9.17, 15) is 9.59 Å². The fourth-order valence-corrected chi connectivity index (χ4v) is 6.56. The van der Waals surface area contributed by atoms with E-state index in [2.05, 4.69) is 41.2 Å². The van der Waals surface area contributed by atoms with Crippen LogP contribution in [0.3, 0.4) is 0 Å². The summed E-state index contributed by atoms with van der Waals surface area (Å²) in [7, 11) is 0. The van der Waals surface area contributed by atoms with Crippen molar-refractivity contribution in [2.24, 2.45) is 22.7 Å². The summed E-state index contributed by atoms with van der Waals surface area (Å²) in [5.74, 6) is 0.751. The van der Waals surface area contributed by atoms with Gasteiger partial charge in [-0.1, -0.05) is 33.3 Å². The molecule has 4 heteroatoms. The van der Waals surface area contributed by atoms with Gasteiger partial charge in [-0.3, -0.25) is 9.59 Å². The SMILES string of the molecule is C=C[C@@]1(C)CCC[C@]2(C)OC(=O)CC12.CC[C@@]1(C)CCC[C@]2(C)OC(=O)CC12. The average Bonchev–Trinajstić information content (AvgIpc) is 3.12. The number of esters is 2. The third-order valence-corrected chi connectivity index (χ3v) is 8.63. The topological polar surface area (TPSA) is 52.6 Å². The number of carbonyl (C=O) groups is 2. The van der Waals surface area contributed by atoms with Crippen LogP contribution in [0.15, 0.2) is 12.7 Å². The summed E-state index contributed by atoms with van der Waals surface area (Å²) in [4.78, 5) is 22.8. The van der Waals surface area contributed by atoms with Crippen molar-refractivity contribution in [3.63, 3.8) is 0 Å². The Kier molecular flexibility index (Phi) is 5.48. The Balaban J connectivity index is 0.000000161. The molecule has 2 saturated carbocycles. The van der Waals surface area contributed by atoms with Gasteiger partial charge in [-0.05, 0) is 63.2 Å². The second kappa shape index (κ2) is 7.18. The minimum absolute atomic E-state index is 0.0130. The standard InChI is InChI=1S/C12H20O2.C12H18O2/c2*1-4-11(2)6-5-7-12(3)9(11)8-10(13)14-12/h9H,4-8H2,1-3H3;4,9H,1,5-8H2,2-3H3/t2*9?,11-,12-/m00/s1. The van der Waals surface area contributed by atoms with Crippen molar-refractivity contribution in [3.8, 4) is 0 Å². The Labute approximate surface area is 170 Å². The first-order chi connectivity index (χ1) is 13.0. The maximum absolute atomic E-state index is 11.4. The Hall–Kier alpha value is -1.32. The van der Waals surface area contributed by atoms with Gasteiger partial charge in [0.1, 0.15) is 11.2 Å². The maximum atomic E-state index is 11.4. The van der Waals surface area contributed by atoms with Gasteiger partial charge >= 0.3 is 11.9 Å². The van der Waals surface area contributed by atoms with Crippen LogP contribution in [0.2, 0.25) is 0 Å². The van der Waals surface area contributed by atoms with Crippen LogP contribution in [0.4, 0.5) is 0 Å². The third-order valence-electron chi connectivity index (χ3n) is 8.63. The normalized spacial score (nSPS) is 47.2. The highest BCUT2D eigenvalue weighted by molar-refractivity contribution is 5.73. The number of fused-ring (bicyclic) bond motifs is 2. The zero-order valence-electron chi connectivity index (χ0n) is 18.4. The molecule has 0 bridgehead atoms. The lowest BCUT2D eigenvalue weighted by molar-refractivity contribution is -0.152. The molecule has 28 heavy (non-hydrogen) atoms. The number of allylic oxidation sites excluding steroid dienone is 1. The van der Waals surface area contributed by atoms with Gasteiger partial charge in [0.25, 0.3) is 0 Å². The minimum atomic E-state index is -0.224. The summed E-state index contributed by atoms with van der Waals surface area (Å²) in [6.07, 6.45) is 11.1. The first kappa shape index (κ1) is 21.4. The molecule has 4 nitrogen and oxygen atoms in total. The lowest BCUT2D eigenvalue weighted by atomic mass is 9.60. The van der Waals surface area contributed by atoms with E-state index in [-0.39, 0.29) is 28.6 Å². The first-order valence-corrected chi connectivity index (χ1v) is 11.1. The summed E-state index contributed by atoms with van der Waals surface area (Å²) in [6.45, 7) is 14.8. The van der Waals surface area contributed by atoms with Gasteiger partial charge in [-0.15, -0.1) is 6.58 Å². The second-order valence-corrected chi connectivity index (χ2v) is 10.5. The fraction of sp³-hybridized carbons (Fsp3) is 0.833. The van der Waals surface area contributed by atoms with Gasteiger partial charge in [0.15, 0.2) is 0 Å². The summed E-state index contributed by atoms with van der Waals surface area (Å²) in [5, 5.41) is 0. The number of ether oxygens (including phenoxy) is 2. The summed E-state index contributed by atoms with van der Waals surface area (Å²) in [6, 6.07) is 0. The van der Waals surface area contributed by atoms with E-state index < -0.39 is 0 Å². The molecule has 2 aliphatic heterocycles. The van der Waals surface area contributed by atoms with E-state index in [1.165, 1.54) is 12.8 Å². The molecule has 2 saturated heterocycles. The molecule has 158 valence electrons. The van der Waals surface area contributed by atoms with E-state index >= 15 is 0 Å². The Morgan fingerprint density at radius 3 is 1.93 bits per heavy atom. The summed E-state index contributed by atoms with van der Waals surface area (Å²) >= 11 is 0. The van der Waals surface area contributed by atoms with Crippen molar-refractivity contribution in [3.05, 3.63) is 12.7 Å². The van der Waals surface area contributed by atoms with Crippen LogP contribution in [0.25, 0.3) is 0 Å². The molecule has 0 aromatic carbocycles.